The first-order chi connectivity index (χ1) is 8.31. The van der Waals surface area contributed by atoms with Crippen LogP contribution in [0.5, 0.6) is 0 Å². The van der Waals surface area contributed by atoms with E-state index in [1.165, 1.54) is 25.7 Å². The molecule has 96 valence electrons. The van der Waals surface area contributed by atoms with Crippen LogP contribution in [-0.4, -0.2) is 10.2 Å². The molecule has 0 aliphatic rings. The Hall–Kier alpha value is -1.00. The fraction of sp³-hybridized carbons (Fsp3) is 0.692. The second-order valence-electron chi connectivity index (χ2n) is 4.55. The van der Waals surface area contributed by atoms with Crippen molar-refractivity contribution in [3.8, 4) is 0 Å². The van der Waals surface area contributed by atoms with Crippen molar-refractivity contribution in [2.24, 2.45) is 11.8 Å². The summed E-state index contributed by atoms with van der Waals surface area (Å²) in [6, 6.07) is 2.16. The molecule has 0 aromatic carbocycles. The van der Waals surface area contributed by atoms with E-state index in [1.54, 1.807) is 12.4 Å². The van der Waals surface area contributed by atoms with Crippen LogP contribution in [0.1, 0.15) is 57.6 Å². The van der Waals surface area contributed by atoms with Gasteiger partial charge in [-0.1, -0.05) is 39.5 Å². The summed E-state index contributed by atoms with van der Waals surface area (Å²) in [5.41, 5.74) is 4.01. The van der Waals surface area contributed by atoms with Gasteiger partial charge in [-0.05, 0) is 24.0 Å². The molecule has 2 unspecified atom stereocenters. The highest BCUT2D eigenvalue weighted by Gasteiger charge is 2.15. The Morgan fingerprint density at radius 1 is 1.35 bits per heavy atom. The summed E-state index contributed by atoms with van der Waals surface area (Å²) in [6.45, 7) is 4.48. The van der Waals surface area contributed by atoms with Gasteiger partial charge >= 0.3 is 0 Å². The van der Waals surface area contributed by atoms with Crippen molar-refractivity contribution in [3.05, 3.63) is 24.0 Å². The molecule has 0 radical (unpaired) electrons. The van der Waals surface area contributed by atoms with Gasteiger partial charge in [0.15, 0.2) is 0 Å². The first kappa shape index (κ1) is 14.1. The van der Waals surface area contributed by atoms with E-state index >= 15 is 0 Å². The van der Waals surface area contributed by atoms with Gasteiger partial charge in [0.25, 0.3) is 0 Å². The van der Waals surface area contributed by atoms with Crippen LogP contribution in [0, 0.1) is 5.92 Å². The summed E-state index contributed by atoms with van der Waals surface area (Å²) in [4.78, 5) is 0. The third-order valence-electron chi connectivity index (χ3n) is 3.32. The van der Waals surface area contributed by atoms with Crippen molar-refractivity contribution in [3.63, 3.8) is 0 Å². The van der Waals surface area contributed by atoms with E-state index < -0.39 is 0 Å². The molecule has 4 heteroatoms. The minimum atomic E-state index is 0.187. The number of nitrogens with one attached hydrogen (secondary N) is 1. The van der Waals surface area contributed by atoms with Crippen molar-refractivity contribution >= 4 is 0 Å². The fourth-order valence-electron chi connectivity index (χ4n) is 2.12. The standard InChI is InChI=1S/C13H24N4/c1-3-5-6-11(4-2)9-13(17-14)12-7-8-15-16-10-12/h7-8,10-11,13,17H,3-6,9,14H2,1-2H3. The third kappa shape index (κ3) is 4.79. The molecule has 1 aromatic rings. The minimum Gasteiger partial charge on any atom is -0.271 e. The van der Waals surface area contributed by atoms with Crippen molar-refractivity contribution in [1.82, 2.24) is 15.6 Å². The normalized spacial score (nSPS) is 14.5. The van der Waals surface area contributed by atoms with Gasteiger partial charge in [0, 0.05) is 12.2 Å². The van der Waals surface area contributed by atoms with Crippen molar-refractivity contribution < 1.29 is 0 Å². The molecular formula is C13H24N4. The number of rotatable bonds is 8. The molecule has 0 saturated carbocycles. The predicted octanol–water partition coefficient (Wildman–Crippen LogP) is 2.59. The number of aromatic nitrogens is 2. The zero-order chi connectivity index (χ0) is 12.5. The summed E-state index contributed by atoms with van der Waals surface area (Å²) in [7, 11) is 0. The topological polar surface area (TPSA) is 63.8 Å². The number of hydrazine groups is 1. The Morgan fingerprint density at radius 3 is 2.71 bits per heavy atom. The van der Waals surface area contributed by atoms with Crippen LogP contribution in [0.3, 0.4) is 0 Å². The van der Waals surface area contributed by atoms with E-state index in [9.17, 15) is 0 Å². The summed E-state index contributed by atoms with van der Waals surface area (Å²) >= 11 is 0. The quantitative estimate of drug-likeness (QED) is 0.538. The highest BCUT2D eigenvalue weighted by atomic mass is 15.2. The maximum Gasteiger partial charge on any atom is 0.0544 e. The minimum absolute atomic E-state index is 0.187. The molecule has 17 heavy (non-hydrogen) atoms. The molecule has 0 fully saturated rings. The Balaban J connectivity index is 2.56. The molecule has 0 aliphatic carbocycles. The van der Waals surface area contributed by atoms with Crippen LogP contribution in [0.25, 0.3) is 0 Å². The van der Waals surface area contributed by atoms with E-state index in [2.05, 4.69) is 29.5 Å². The van der Waals surface area contributed by atoms with Gasteiger partial charge in [0.1, 0.15) is 0 Å². The van der Waals surface area contributed by atoms with Gasteiger partial charge in [0.2, 0.25) is 0 Å². The van der Waals surface area contributed by atoms with Gasteiger partial charge in [-0.2, -0.15) is 10.2 Å². The average Bonchev–Trinajstić information content (AvgIpc) is 2.40. The molecule has 3 N–H and O–H groups in total. The lowest BCUT2D eigenvalue weighted by molar-refractivity contribution is 0.355. The lowest BCUT2D eigenvalue weighted by atomic mass is 9.90. The summed E-state index contributed by atoms with van der Waals surface area (Å²) < 4.78 is 0. The summed E-state index contributed by atoms with van der Waals surface area (Å²) in [5.74, 6) is 6.36. The highest BCUT2D eigenvalue weighted by Crippen LogP contribution is 2.25. The maximum absolute atomic E-state index is 5.64. The van der Waals surface area contributed by atoms with E-state index in [0.717, 1.165) is 17.9 Å². The first-order valence-corrected chi connectivity index (χ1v) is 6.54. The predicted molar refractivity (Wildman–Crippen MR) is 70.0 cm³/mol. The Labute approximate surface area is 104 Å². The molecular weight excluding hydrogens is 212 g/mol. The molecule has 1 heterocycles. The second-order valence-corrected chi connectivity index (χ2v) is 4.55. The molecule has 1 aromatic heterocycles. The molecule has 0 spiro atoms. The fourth-order valence-corrected chi connectivity index (χ4v) is 2.12. The van der Waals surface area contributed by atoms with Crippen LogP contribution in [0.4, 0.5) is 0 Å². The van der Waals surface area contributed by atoms with Crippen LogP contribution < -0.4 is 11.3 Å². The molecule has 0 aliphatic heterocycles. The monoisotopic (exact) mass is 236 g/mol. The summed E-state index contributed by atoms with van der Waals surface area (Å²) in [6.07, 6.45) is 9.61. The third-order valence-corrected chi connectivity index (χ3v) is 3.32. The maximum atomic E-state index is 5.64. The van der Waals surface area contributed by atoms with E-state index in [-0.39, 0.29) is 6.04 Å². The second kappa shape index (κ2) is 8.14. The lowest BCUT2D eigenvalue weighted by Crippen LogP contribution is -2.29. The van der Waals surface area contributed by atoms with E-state index in [1.807, 2.05) is 6.07 Å². The van der Waals surface area contributed by atoms with E-state index in [0.29, 0.717) is 0 Å². The first-order valence-electron chi connectivity index (χ1n) is 6.54. The SMILES string of the molecule is CCCCC(CC)CC(NN)c1ccnnc1. The largest absolute Gasteiger partial charge is 0.271 e. The molecule has 0 saturated heterocycles. The molecule has 2 atom stereocenters. The van der Waals surface area contributed by atoms with Crippen molar-refractivity contribution in [2.75, 3.05) is 0 Å². The molecule has 0 amide bonds. The highest BCUT2D eigenvalue weighted by molar-refractivity contribution is 5.11. The number of nitrogens with two attached hydrogens (primary N) is 1. The Kier molecular flexibility index (Phi) is 6.74. The van der Waals surface area contributed by atoms with Crippen LogP contribution in [0.2, 0.25) is 0 Å². The van der Waals surface area contributed by atoms with Gasteiger partial charge < -0.3 is 0 Å². The van der Waals surface area contributed by atoms with Crippen LogP contribution in [0.15, 0.2) is 18.5 Å². The number of nitrogens with zero attached hydrogens (tertiary/aromatic N) is 2. The zero-order valence-electron chi connectivity index (χ0n) is 10.9. The van der Waals surface area contributed by atoms with Gasteiger partial charge in [-0.25, -0.2) is 0 Å². The van der Waals surface area contributed by atoms with E-state index in [4.69, 9.17) is 5.84 Å². The molecule has 1 rings (SSSR count). The zero-order valence-corrected chi connectivity index (χ0v) is 10.9. The van der Waals surface area contributed by atoms with Gasteiger partial charge in [0.05, 0.1) is 6.20 Å². The number of hydrogen-bond donors (Lipinski definition) is 2. The van der Waals surface area contributed by atoms with Gasteiger partial charge in [-0.3, -0.25) is 11.3 Å². The lowest BCUT2D eigenvalue weighted by Gasteiger charge is -2.22. The summed E-state index contributed by atoms with van der Waals surface area (Å²) in [5, 5.41) is 7.70. The van der Waals surface area contributed by atoms with Gasteiger partial charge in [-0.15, -0.1) is 0 Å². The van der Waals surface area contributed by atoms with Crippen LogP contribution in [-0.2, 0) is 0 Å². The Morgan fingerprint density at radius 2 is 2.18 bits per heavy atom. The smallest absolute Gasteiger partial charge is 0.0544 e. The van der Waals surface area contributed by atoms with Crippen molar-refractivity contribution in [1.29, 1.82) is 0 Å². The number of hydrogen-bond acceptors (Lipinski definition) is 4. The molecule has 4 nitrogen and oxygen atoms in total. The van der Waals surface area contributed by atoms with Crippen LogP contribution >= 0.6 is 0 Å². The molecule has 0 bridgehead atoms. The Bertz CT molecular complexity index is 289. The van der Waals surface area contributed by atoms with Crippen molar-refractivity contribution in [2.45, 2.75) is 52.0 Å². The average molecular weight is 236 g/mol. The number of unbranched alkanes of at least 4 members (excludes halogenated alkanes) is 1.